The second-order valence-corrected chi connectivity index (χ2v) is 4.79. The highest BCUT2D eigenvalue weighted by molar-refractivity contribution is 5.44. The Balaban J connectivity index is 1.73. The van der Waals surface area contributed by atoms with E-state index in [1.54, 1.807) is 6.33 Å². The van der Waals surface area contributed by atoms with Crippen LogP contribution in [0, 0.1) is 0 Å². The minimum Gasteiger partial charge on any atom is -0.375 e. The first-order valence-corrected chi connectivity index (χ1v) is 7.10. The maximum Gasteiger partial charge on any atom is 0.129 e. The average molecular weight is 270 g/mol. The Labute approximate surface area is 120 Å². The summed E-state index contributed by atoms with van der Waals surface area (Å²) in [5.41, 5.74) is 2.33. The quantitative estimate of drug-likeness (QED) is 0.785. The highest BCUT2D eigenvalue weighted by Crippen LogP contribution is 2.11. The van der Waals surface area contributed by atoms with Crippen molar-refractivity contribution in [2.75, 3.05) is 30.4 Å². The fourth-order valence-electron chi connectivity index (χ4n) is 2.03. The predicted octanol–water partition coefficient (Wildman–Crippen LogP) is 2.98. The van der Waals surface area contributed by atoms with Crippen LogP contribution < -0.4 is 10.2 Å². The molecular weight excluding hydrogens is 248 g/mol. The van der Waals surface area contributed by atoms with E-state index in [0.717, 1.165) is 37.4 Å². The molecule has 0 fully saturated rings. The van der Waals surface area contributed by atoms with Crippen molar-refractivity contribution in [3.63, 3.8) is 0 Å². The Hall–Kier alpha value is -2.10. The van der Waals surface area contributed by atoms with Gasteiger partial charge in [-0.15, -0.1) is 0 Å². The van der Waals surface area contributed by atoms with E-state index in [1.807, 2.05) is 12.1 Å². The fraction of sp³-hybridized carbons (Fsp3) is 0.375. The molecule has 0 unspecified atom stereocenters. The molecule has 0 spiro atoms. The van der Waals surface area contributed by atoms with Gasteiger partial charge in [-0.2, -0.15) is 0 Å². The van der Waals surface area contributed by atoms with Gasteiger partial charge in [0.2, 0.25) is 0 Å². The predicted molar refractivity (Wildman–Crippen MR) is 84.2 cm³/mol. The molecule has 1 heterocycles. The molecule has 20 heavy (non-hydrogen) atoms. The lowest BCUT2D eigenvalue weighted by Gasteiger charge is -2.19. The highest BCUT2D eigenvalue weighted by atomic mass is 15.1. The Bertz CT molecular complexity index is 513. The van der Waals surface area contributed by atoms with E-state index < -0.39 is 0 Å². The molecule has 0 bridgehead atoms. The van der Waals surface area contributed by atoms with Gasteiger partial charge in [-0.05, 0) is 25.0 Å². The van der Waals surface area contributed by atoms with E-state index in [0.29, 0.717) is 0 Å². The van der Waals surface area contributed by atoms with Gasteiger partial charge in [0.25, 0.3) is 0 Å². The van der Waals surface area contributed by atoms with Crippen LogP contribution >= 0.6 is 0 Å². The first-order valence-electron chi connectivity index (χ1n) is 7.10. The van der Waals surface area contributed by atoms with Crippen molar-refractivity contribution in [3.8, 4) is 0 Å². The number of nitrogens with zero attached hydrogens (tertiary/aromatic N) is 3. The summed E-state index contributed by atoms with van der Waals surface area (Å²) in [7, 11) is 2.12. The van der Waals surface area contributed by atoms with Crippen molar-refractivity contribution >= 4 is 11.5 Å². The highest BCUT2D eigenvalue weighted by Gasteiger charge is 2.00. The van der Waals surface area contributed by atoms with E-state index in [4.69, 9.17) is 0 Å². The number of aryl methyl sites for hydroxylation is 1. The molecule has 1 N–H and O–H groups in total. The monoisotopic (exact) mass is 270 g/mol. The number of benzene rings is 1. The average Bonchev–Trinajstić information content (AvgIpc) is 2.52. The summed E-state index contributed by atoms with van der Waals surface area (Å²) in [6.45, 7) is 4.03. The molecule has 0 aliphatic rings. The number of para-hydroxylation sites is 1. The summed E-state index contributed by atoms with van der Waals surface area (Å²) in [4.78, 5) is 10.7. The summed E-state index contributed by atoms with van der Waals surface area (Å²) < 4.78 is 0. The number of anilines is 2. The number of hydrogen-bond donors (Lipinski definition) is 1. The van der Waals surface area contributed by atoms with Crippen LogP contribution in [0.1, 0.15) is 19.0 Å². The van der Waals surface area contributed by atoms with Crippen molar-refractivity contribution in [1.82, 2.24) is 9.97 Å². The summed E-state index contributed by atoms with van der Waals surface area (Å²) in [6, 6.07) is 12.4. The normalized spacial score (nSPS) is 10.3. The third-order valence-electron chi connectivity index (χ3n) is 3.26. The van der Waals surface area contributed by atoms with Crippen molar-refractivity contribution < 1.29 is 0 Å². The molecule has 2 aromatic rings. The Morgan fingerprint density at radius 1 is 1.15 bits per heavy atom. The largest absolute Gasteiger partial charge is 0.375 e. The maximum atomic E-state index is 4.23. The minimum atomic E-state index is 0.914. The second-order valence-electron chi connectivity index (χ2n) is 4.79. The van der Waals surface area contributed by atoms with Gasteiger partial charge in [0, 0.05) is 37.6 Å². The Morgan fingerprint density at radius 3 is 2.70 bits per heavy atom. The van der Waals surface area contributed by atoms with Gasteiger partial charge in [0.1, 0.15) is 12.1 Å². The van der Waals surface area contributed by atoms with E-state index in [-0.39, 0.29) is 0 Å². The van der Waals surface area contributed by atoms with E-state index >= 15 is 0 Å². The van der Waals surface area contributed by atoms with Gasteiger partial charge in [-0.25, -0.2) is 9.97 Å². The van der Waals surface area contributed by atoms with Crippen molar-refractivity contribution in [1.29, 1.82) is 0 Å². The third kappa shape index (κ3) is 4.23. The lowest BCUT2D eigenvalue weighted by molar-refractivity contribution is 0.813. The van der Waals surface area contributed by atoms with Gasteiger partial charge in [-0.3, -0.25) is 0 Å². The summed E-state index contributed by atoms with van der Waals surface area (Å²) in [5.74, 6) is 0.916. The number of nitrogens with one attached hydrogen (secondary N) is 1. The lowest BCUT2D eigenvalue weighted by Crippen LogP contribution is -2.20. The molecule has 4 heteroatoms. The first kappa shape index (κ1) is 14.3. The minimum absolute atomic E-state index is 0.914. The molecule has 0 atom stereocenters. The summed E-state index contributed by atoms with van der Waals surface area (Å²) >= 11 is 0. The Morgan fingerprint density at radius 2 is 1.95 bits per heavy atom. The zero-order valence-corrected chi connectivity index (χ0v) is 12.2. The smallest absolute Gasteiger partial charge is 0.129 e. The van der Waals surface area contributed by atoms with Crippen LogP contribution in [0.4, 0.5) is 11.5 Å². The molecule has 0 saturated heterocycles. The SMILES string of the molecule is CCc1cc(NCCCN(C)c2ccccc2)ncn1. The molecule has 4 nitrogen and oxygen atoms in total. The number of hydrogen-bond acceptors (Lipinski definition) is 4. The van der Waals surface area contributed by atoms with Crippen LogP contribution in [0.3, 0.4) is 0 Å². The third-order valence-corrected chi connectivity index (χ3v) is 3.26. The molecule has 1 aromatic heterocycles. The van der Waals surface area contributed by atoms with E-state index in [2.05, 4.69) is 58.4 Å². The van der Waals surface area contributed by atoms with Gasteiger partial charge < -0.3 is 10.2 Å². The Kier molecular flexibility index (Phi) is 5.35. The molecule has 0 amide bonds. The topological polar surface area (TPSA) is 41.0 Å². The van der Waals surface area contributed by atoms with Crippen LogP contribution in [-0.4, -0.2) is 30.1 Å². The van der Waals surface area contributed by atoms with Crippen LogP contribution in [0.15, 0.2) is 42.7 Å². The summed E-state index contributed by atoms with van der Waals surface area (Å²) in [6.07, 6.45) is 3.63. The zero-order valence-electron chi connectivity index (χ0n) is 12.2. The molecule has 2 rings (SSSR count). The fourth-order valence-corrected chi connectivity index (χ4v) is 2.03. The summed E-state index contributed by atoms with van der Waals surface area (Å²) in [5, 5.41) is 3.35. The van der Waals surface area contributed by atoms with Gasteiger partial charge in [0.05, 0.1) is 0 Å². The van der Waals surface area contributed by atoms with Crippen molar-refractivity contribution in [2.24, 2.45) is 0 Å². The number of rotatable bonds is 7. The van der Waals surface area contributed by atoms with Crippen molar-refractivity contribution in [3.05, 3.63) is 48.4 Å². The van der Waals surface area contributed by atoms with Crippen LogP contribution in [0.2, 0.25) is 0 Å². The van der Waals surface area contributed by atoms with Gasteiger partial charge >= 0.3 is 0 Å². The molecule has 106 valence electrons. The first-order chi connectivity index (χ1) is 9.79. The number of aromatic nitrogens is 2. The second kappa shape index (κ2) is 7.48. The molecule has 0 aliphatic heterocycles. The van der Waals surface area contributed by atoms with Crippen LogP contribution in [0.5, 0.6) is 0 Å². The van der Waals surface area contributed by atoms with Crippen LogP contribution in [-0.2, 0) is 6.42 Å². The molecular formula is C16H22N4. The standard InChI is InChI=1S/C16H22N4/c1-3-14-12-16(19-13-18-14)17-10-7-11-20(2)15-8-5-4-6-9-15/h4-6,8-9,12-13H,3,7,10-11H2,1-2H3,(H,17,18,19). The van der Waals surface area contributed by atoms with Crippen molar-refractivity contribution in [2.45, 2.75) is 19.8 Å². The van der Waals surface area contributed by atoms with Gasteiger partial charge in [-0.1, -0.05) is 25.1 Å². The van der Waals surface area contributed by atoms with Crippen LogP contribution in [0.25, 0.3) is 0 Å². The molecule has 0 saturated carbocycles. The van der Waals surface area contributed by atoms with E-state index in [9.17, 15) is 0 Å². The van der Waals surface area contributed by atoms with Gasteiger partial charge in [0.15, 0.2) is 0 Å². The van der Waals surface area contributed by atoms with E-state index in [1.165, 1.54) is 5.69 Å². The maximum absolute atomic E-state index is 4.23. The molecule has 0 aliphatic carbocycles. The molecule has 0 radical (unpaired) electrons. The zero-order chi connectivity index (χ0) is 14.2. The molecule has 1 aromatic carbocycles. The lowest BCUT2D eigenvalue weighted by atomic mass is 10.3.